The molecule has 0 spiro atoms. The van der Waals surface area contributed by atoms with Gasteiger partial charge in [0, 0.05) is 68.9 Å². The number of aromatic nitrogens is 1. The topological polar surface area (TPSA) is 61.2 Å². The lowest BCUT2D eigenvalue weighted by Crippen LogP contribution is -2.04. The quantitative estimate of drug-likeness (QED) is 0.137. The van der Waals surface area contributed by atoms with Gasteiger partial charge in [0.15, 0.2) is 0 Å². The van der Waals surface area contributed by atoms with Crippen molar-refractivity contribution in [3.63, 3.8) is 0 Å². The molecular formula is C32H13N5S6. The Labute approximate surface area is 269 Å². The van der Waals surface area contributed by atoms with Gasteiger partial charge in [0.1, 0.15) is 0 Å². The van der Waals surface area contributed by atoms with Gasteiger partial charge in [-0.1, -0.05) is 13.8 Å². The summed E-state index contributed by atoms with van der Waals surface area (Å²) in [4.78, 5) is 11.4. The maximum absolute atomic E-state index is 10.0. The number of hydrogen-bond donors (Lipinski definition) is 0. The number of hydrogen-bond acceptors (Lipinski definition) is 8. The van der Waals surface area contributed by atoms with Crippen molar-refractivity contribution in [2.75, 3.05) is 0 Å². The van der Waals surface area contributed by atoms with Crippen molar-refractivity contribution in [1.82, 2.24) is 4.57 Å². The number of fused-ring (bicyclic) bond motifs is 15. The molecule has 0 aromatic carbocycles. The van der Waals surface area contributed by atoms with Crippen LogP contribution in [0.2, 0.25) is 0 Å². The summed E-state index contributed by atoms with van der Waals surface area (Å²) in [5, 5.41) is 24.3. The van der Waals surface area contributed by atoms with E-state index in [0.29, 0.717) is 5.92 Å². The Kier molecular flexibility index (Phi) is 5.18. The van der Waals surface area contributed by atoms with Gasteiger partial charge in [-0.25, -0.2) is 20.2 Å². The van der Waals surface area contributed by atoms with Gasteiger partial charge in [-0.3, -0.25) is 0 Å². The first kappa shape index (κ1) is 25.5. The molecule has 43 heavy (non-hydrogen) atoms. The molecule has 7 aromatic rings. The number of nitrogens with zero attached hydrogens (tertiary/aromatic N) is 5. The smallest absolute Gasteiger partial charge is 0.271 e. The minimum absolute atomic E-state index is 0.141. The lowest BCUT2D eigenvalue weighted by molar-refractivity contribution is 0.546. The van der Waals surface area contributed by atoms with Gasteiger partial charge >= 0.3 is 0 Å². The van der Waals surface area contributed by atoms with Gasteiger partial charge < -0.3 is 4.57 Å². The third-order valence-electron chi connectivity index (χ3n) is 7.97. The third kappa shape index (κ3) is 3.00. The fourth-order valence-corrected chi connectivity index (χ4v) is 14.3. The van der Waals surface area contributed by atoms with Crippen molar-refractivity contribution in [2.24, 2.45) is 5.92 Å². The van der Waals surface area contributed by atoms with Gasteiger partial charge in [-0.15, -0.1) is 68.0 Å². The summed E-state index contributed by atoms with van der Waals surface area (Å²) in [6, 6.07) is 8.65. The molecular weight excluding hydrogens is 647 g/mol. The molecule has 5 nitrogen and oxygen atoms in total. The number of thiophene rings is 6. The normalized spacial score (nSPS) is 15.5. The molecule has 0 bridgehead atoms. The van der Waals surface area contributed by atoms with E-state index in [1.165, 1.54) is 29.8 Å². The standard InChI is InChI=1S/C32H13N5S6/c1-12(2)11-37-23-19-21-25-15(5-7-38-25)40-29(21)17(13(9-33)35-3)27(19)42-31(23)32-24(37)20-22-26-16(6-8-39-26)41-30(22)18(28(20)43-32)14(10-34)36-4/h5-8,12H,11H2,1-2H3/b17-13-,18-14+. The Morgan fingerprint density at radius 2 is 1.16 bits per heavy atom. The zero-order valence-corrected chi connectivity index (χ0v) is 27.2. The molecule has 0 saturated carbocycles. The predicted molar refractivity (Wildman–Crippen MR) is 184 cm³/mol. The Morgan fingerprint density at radius 3 is 1.56 bits per heavy atom. The second kappa shape index (κ2) is 8.76. The Morgan fingerprint density at radius 1 is 0.721 bits per heavy atom. The lowest BCUT2D eigenvalue weighted by atomic mass is 10.1. The van der Waals surface area contributed by atoms with Gasteiger partial charge in [-0.2, -0.15) is 0 Å². The van der Waals surface area contributed by atoms with Crippen LogP contribution in [0.1, 0.15) is 33.4 Å². The Balaban J connectivity index is 1.50. The molecule has 0 aliphatic heterocycles. The maximum Gasteiger partial charge on any atom is 0.271 e. The van der Waals surface area contributed by atoms with E-state index in [-0.39, 0.29) is 11.4 Å². The minimum atomic E-state index is 0.141. The molecule has 0 amide bonds. The summed E-state index contributed by atoms with van der Waals surface area (Å²) < 4.78 is 9.58. The molecule has 7 heterocycles. The number of allylic oxidation sites excluding steroid dienone is 2. The van der Waals surface area contributed by atoms with E-state index >= 15 is 0 Å². The average molecular weight is 660 g/mol. The first-order chi connectivity index (χ1) is 21.0. The second-order valence-electron chi connectivity index (χ2n) is 10.7. The summed E-state index contributed by atoms with van der Waals surface area (Å²) in [6.07, 6.45) is 0. The van der Waals surface area contributed by atoms with Crippen molar-refractivity contribution < 1.29 is 0 Å². The van der Waals surface area contributed by atoms with Crippen molar-refractivity contribution >= 4 is 118 Å². The van der Waals surface area contributed by atoms with E-state index in [1.807, 2.05) is 0 Å². The highest BCUT2D eigenvalue weighted by Gasteiger charge is 2.41. The highest BCUT2D eigenvalue weighted by Crippen LogP contribution is 2.64. The number of rotatable bonds is 2. The fraction of sp³-hybridized carbons (Fsp3) is 0.125. The van der Waals surface area contributed by atoms with Gasteiger partial charge in [0.25, 0.3) is 11.4 Å². The van der Waals surface area contributed by atoms with Crippen LogP contribution < -0.4 is 0 Å². The molecule has 0 radical (unpaired) electrons. The molecule has 0 atom stereocenters. The van der Waals surface area contributed by atoms with Crippen LogP contribution in [0.3, 0.4) is 0 Å². The molecule has 2 aliphatic rings. The first-order valence-corrected chi connectivity index (χ1v) is 18.2. The van der Waals surface area contributed by atoms with Crippen LogP contribution >= 0.6 is 68.0 Å². The maximum atomic E-state index is 10.0. The lowest BCUT2D eigenvalue weighted by Gasteiger charge is -2.12. The van der Waals surface area contributed by atoms with Crippen molar-refractivity contribution in [2.45, 2.75) is 20.4 Å². The summed E-state index contributed by atoms with van der Waals surface area (Å²) in [5.41, 5.74) is 8.78. The molecule has 11 heteroatoms. The highest BCUT2D eigenvalue weighted by molar-refractivity contribution is 7.32. The van der Waals surface area contributed by atoms with Crippen LogP contribution in [0.25, 0.3) is 82.3 Å². The van der Waals surface area contributed by atoms with Crippen LogP contribution in [-0.2, 0) is 6.54 Å². The summed E-state index contributed by atoms with van der Waals surface area (Å²) in [7, 11) is 0. The Bertz CT molecular complexity index is 2460. The molecule has 0 N–H and O–H groups in total. The van der Waals surface area contributed by atoms with Gasteiger partial charge in [0.2, 0.25) is 0 Å². The SMILES string of the molecule is [C-]#[N+]/C(C#N)=C1\c2sc3ccsc3c2-c2c1sc1c3sc4c(c3n(CC(C)C)c21)-c1c(sc2ccsc12)/C4=C(\C#N)[N+]#[C-]. The molecule has 202 valence electrons. The minimum Gasteiger partial charge on any atom is -0.338 e. The van der Waals surface area contributed by atoms with E-state index in [4.69, 9.17) is 13.1 Å². The Hall–Kier alpha value is -4.04. The predicted octanol–water partition coefficient (Wildman–Crippen LogP) is 11.5. The van der Waals surface area contributed by atoms with E-state index in [9.17, 15) is 10.5 Å². The molecule has 0 saturated heterocycles. The van der Waals surface area contributed by atoms with Crippen LogP contribution in [0.15, 0.2) is 34.3 Å². The summed E-state index contributed by atoms with van der Waals surface area (Å²) in [6.45, 7) is 20.9. The van der Waals surface area contributed by atoms with Crippen molar-refractivity contribution in [1.29, 1.82) is 10.5 Å². The second-order valence-corrected chi connectivity index (χ2v) is 16.7. The van der Waals surface area contributed by atoms with Crippen LogP contribution in [0.5, 0.6) is 0 Å². The van der Waals surface area contributed by atoms with Gasteiger partial charge in [0.05, 0.1) is 55.1 Å². The fourth-order valence-electron chi connectivity index (χ4n) is 6.51. The average Bonchev–Trinajstić information content (AvgIpc) is 3.81. The highest BCUT2D eigenvalue weighted by atomic mass is 32.1. The van der Waals surface area contributed by atoms with E-state index < -0.39 is 0 Å². The van der Waals surface area contributed by atoms with Crippen molar-refractivity contribution in [3.8, 4) is 34.4 Å². The zero-order chi connectivity index (χ0) is 29.3. The zero-order valence-electron chi connectivity index (χ0n) is 22.3. The molecule has 7 aromatic heterocycles. The molecule has 0 fully saturated rings. The first-order valence-electron chi connectivity index (χ1n) is 13.2. The number of nitriles is 2. The van der Waals surface area contributed by atoms with Gasteiger partial charge in [-0.05, 0) is 28.8 Å². The molecule has 0 unspecified atom stereocenters. The van der Waals surface area contributed by atoms with Crippen molar-refractivity contribution in [3.05, 3.63) is 76.6 Å². The van der Waals surface area contributed by atoms with E-state index in [1.54, 1.807) is 68.0 Å². The third-order valence-corrected chi connectivity index (χ3v) is 15.0. The van der Waals surface area contributed by atoms with Crippen LogP contribution in [-0.4, -0.2) is 4.57 Å². The summed E-state index contributed by atoms with van der Waals surface area (Å²) in [5.74, 6) is 0.362. The molecule has 2 aliphatic carbocycles. The van der Waals surface area contributed by atoms with E-state index in [2.05, 4.69) is 63.1 Å². The summed E-state index contributed by atoms with van der Waals surface area (Å²) >= 11 is 10.2. The largest absolute Gasteiger partial charge is 0.338 e. The molecule has 9 rings (SSSR count). The monoisotopic (exact) mass is 659 g/mol. The van der Waals surface area contributed by atoms with E-state index in [0.717, 1.165) is 68.9 Å². The van der Waals surface area contributed by atoms with Crippen LogP contribution in [0.4, 0.5) is 0 Å². The van der Waals surface area contributed by atoms with Crippen LogP contribution in [0, 0.1) is 41.7 Å².